The SMILES string of the molecule is COC(=O)C1(c2cc(F)cc(OCc3ccc4c(-c5cccnc5)cc5nncn5c4c3)c2)CCOCC1. The van der Waals surface area contributed by atoms with Gasteiger partial charge in [0.05, 0.1) is 18.0 Å². The molecule has 0 bridgehead atoms. The fraction of sp³-hybridized carbons (Fsp3) is 0.241. The molecule has 192 valence electrons. The lowest BCUT2D eigenvalue weighted by molar-refractivity contribution is -0.151. The molecule has 1 fully saturated rings. The molecule has 0 N–H and O–H groups in total. The topological polar surface area (TPSA) is 87.8 Å². The van der Waals surface area contributed by atoms with Gasteiger partial charge in [0.15, 0.2) is 5.65 Å². The number of ether oxygens (including phenoxy) is 3. The first kappa shape index (κ1) is 24.0. The number of fused-ring (bicyclic) bond motifs is 3. The highest BCUT2D eigenvalue weighted by molar-refractivity contribution is 5.97. The summed E-state index contributed by atoms with van der Waals surface area (Å²) < 4.78 is 33.2. The number of carbonyl (C=O) groups is 1. The molecule has 1 saturated heterocycles. The number of esters is 1. The predicted molar refractivity (Wildman–Crippen MR) is 138 cm³/mol. The highest BCUT2D eigenvalue weighted by atomic mass is 19.1. The van der Waals surface area contributed by atoms with Crippen molar-refractivity contribution in [3.8, 4) is 16.9 Å². The van der Waals surface area contributed by atoms with Crippen molar-refractivity contribution in [1.82, 2.24) is 19.6 Å². The van der Waals surface area contributed by atoms with Gasteiger partial charge in [-0.3, -0.25) is 14.2 Å². The minimum Gasteiger partial charge on any atom is -0.489 e. The maximum Gasteiger partial charge on any atom is 0.316 e. The van der Waals surface area contributed by atoms with Crippen LogP contribution in [-0.4, -0.2) is 45.9 Å². The number of pyridine rings is 2. The van der Waals surface area contributed by atoms with Crippen LogP contribution in [0.15, 0.2) is 73.3 Å². The fourth-order valence-corrected chi connectivity index (χ4v) is 5.20. The fourth-order valence-electron chi connectivity index (χ4n) is 5.20. The summed E-state index contributed by atoms with van der Waals surface area (Å²) in [5.74, 6) is -0.527. The summed E-state index contributed by atoms with van der Waals surface area (Å²) in [6.45, 7) is 1.00. The molecule has 6 rings (SSSR count). The standard InChI is InChI=1S/C29H25FN4O4/c1-36-28(35)29(6-9-37-10-7-29)21-12-22(30)14-23(13-21)38-17-19-4-5-24-25(20-3-2-8-31-16-20)15-27-33-32-18-34(27)26(24)11-19/h2-5,8,11-16,18H,6-7,9-10,17H2,1H3. The molecule has 0 amide bonds. The van der Waals surface area contributed by atoms with Crippen molar-refractivity contribution < 1.29 is 23.4 Å². The second kappa shape index (κ2) is 9.83. The third kappa shape index (κ3) is 4.24. The minimum atomic E-state index is -0.959. The monoisotopic (exact) mass is 512 g/mol. The van der Waals surface area contributed by atoms with E-state index in [0.29, 0.717) is 43.0 Å². The first-order valence-electron chi connectivity index (χ1n) is 12.3. The molecule has 2 aromatic carbocycles. The van der Waals surface area contributed by atoms with Crippen LogP contribution in [0.25, 0.3) is 27.7 Å². The summed E-state index contributed by atoms with van der Waals surface area (Å²) in [4.78, 5) is 17.0. The van der Waals surface area contributed by atoms with Gasteiger partial charge in [-0.1, -0.05) is 18.2 Å². The lowest BCUT2D eigenvalue weighted by atomic mass is 9.74. The van der Waals surface area contributed by atoms with Crippen molar-refractivity contribution in [3.63, 3.8) is 0 Å². The number of hydrogen-bond acceptors (Lipinski definition) is 7. The Bertz CT molecular complexity index is 1630. The second-order valence-corrected chi connectivity index (χ2v) is 9.36. The molecule has 0 atom stereocenters. The Morgan fingerprint density at radius 2 is 2.00 bits per heavy atom. The molecule has 0 radical (unpaired) electrons. The number of aromatic nitrogens is 4. The van der Waals surface area contributed by atoms with E-state index in [1.165, 1.54) is 19.2 Å². The molecule has 9 heteroatoms. The van der Waals surface area contributed by atoms with Gasteiger partial charge in [0.25, 0.3) is 0 Å². The van der Waals surface area contributed by atoms with Crippen LogP contribution in [0, 0.1) is 5.82 Å². The highest BCUT2D eigenvalue weighted by Crippen LogP contribution is 2.38. The number of methoxy groups -OCH3 is 1. The van der Waals surface area contributed by atoms with Gasteiger partial charge in [-0.2, -0.15) is 0 Å². The average Bonchev–Trinajstić information content (AvgIpc) is 3.45. The van der Waals surface area contributed by atoms with E-state index >= 15 is 0 Å². The first-order valence-corrected chi connectivity index (χ1v) is 12.3. The zero-order valence-corrected chi connectivity index (χ0v) is 20.8. The van der Waals surface area contributed by atoms with Crippen LogP contribution in [0.3, 0.4) is 0 Å². The highest BCUT2D eigenvalue weighted by Gasteiger charge is 2.43. The number of benzene rings is 2. The molecule has 0 saturated carbocycles. The van der Waals surface area contributed by atoms with Crippen molar-refractivity contribution in [2.45, 2.75) is 24.9 Å². The maximum atomic E-state index is 14.7. The average molecular weight is 513 g/mol. The summed E-state index contributed by atoms with van der Waals surface area (Å²) in [5, 5.41) is 9.34. The molecule has 1 aliphatic rings. The van der Waals surface area contributed by atoms with Gasteiger partial charge in [-0.25, -0.2) is 4.39 Å². The van der Waals surface area contributed by atoms with Gasteiger partial charge < -0.3 is 14.2 Å². The third-order valence-corrected chi connectivity index (χ3v) is 7.18. The van der Waals surface area contributed by atoms with E-state index in [1.807, 2.05) is 47.0 Å². The summed E-state index contributed by atoms with van der Waals surface area (Å²) in [6.07, 6.45) is 6.07. The Balaban J connectivity index is 1.33. The normalized spacial score (nSPS) is 15.0. The van der Waals surface area contributed by atoms with Gasteiger partial charge in [-0.15, -0.1) is 10.2 Å². The smallest absolute Gasteiger partial charge is 0.316 e. The van der Waals surface area contributed by atoms with Gasteiger partial charge in [0, 0.05) is 42.6 Å². The van der Waals surface area contributed by atoms with Gasteiger partial charge >= 0.3 is 5.97 Å². The Hall–Kier alpha value is -4.37. The van der Waals surface area contributed by atoms with Crippen LogP contribution in [0.5, 0.6) is 5.75 Å². The van der Waals surface area contributed by atoms with Crippen molar-refractivity contribution in [3.05, 3.63) is 90.3 Å². The zero-order chi connectivity index (χ0) is 26.1. The summed E-state index contributed by atoms with van der Waals surface area (Å²) in [7, 11) is 1.35. The van der Waals surface area contributed by atoms with Crippen LogP contribution < -0.4 is 4.74 Å². The second-order valence-electron chi connectivity index (χ2n) is 9.36. The Labute approximate surface area is 218 Å². The van der Waals surface area contributed by atoms with E-state index in [2.05, 4.69) is 15.2 Å². The molecule has 38 heavy (non-hydrogen) atoms. The molecule has 0 aliphatic carbocycles. The zero-order valence-electron chi connectivity index (χ0n) is 20.8. The van der Waals surface area contributed by atoms with E-state index in [0.717, 1.165) is 27.6 Å². The first-order chi connectivity index (χ1) is 18.6. The molecule has 4 heterocycles. The Kier molecular flexibility index (Phi) is 6.21. The number of nitrogens with zero attached hydrogens (tertiary/aromatic N) is 4. The Morgan fingerprint density at radius 1 is 1.13 bits per heavy atom. The number of halogens is 1. The van der Waals surface area contributed by atoms with Crippen LogP contribution in [0.1, 0.15) is 24.0 Å². The van der Waals surface area contributed by atoms with Crippen molar-refractivity contribution in [2.75, 3.05) is 20.3 Å². The van der Waals surface area contributed by atoms with E-state index in [-0.39, 0.29) is 6.61 Å². The van der Waals surface area contributed by atoms with Crippen LogP contribution >= 0.6 is 0 Å². The van der Waals surface area contributed by atoms with Crippen LogP contribution in [0.4, 0.5) is 4.39 Å². The number of rotatable bonds is 6. The third-order valence-electron chi connectivity index (χ3n) is 7.18. The van der Waals surface area contributed by atoms with E-state index in [4.69, 9.17) is 14.2 Å². The number of hydrogen-bond donors (Lipinski definition) is 0. The van der Waals surface area contributed by atoms with Gasteiger partial charge in [0.1, 0.15) is 24.5 Å². The molecule has 0 unspecified atom stereocenters. The quantitative estimate of drug-likeness (QED) is 0.300. The Morgan fingerprint density at radius 3 is 2.79 bits per heavy atom. The lowest BCUT2D eigenvalue weighted by Crippen LogP contribution is -2.42. The maximum absolute atomic E-state index is 14.7. The lowest BCUT2D eigenvalue weighted by Gasteiger charge is -2.35. The van der Waals surface area contributed by atoms with Crippen molar-refractivity contribution in [2.24, 2.45) is 0 Å². The van der Waals surface area contributed by atoms with Crippen LogP contribution in [-0.2, 0) is 26.3 Å². The minimum absolute atomic E-state index is 0.202. The van der Waals surface area contributed by atoms with Gasteiger partial charge in [0.2, 0.25) is 0 Å². The molecule has 5 aromatic rings. The van der Waals surface area contributed by atoms with Crippen LogP contribution in [0.2, 0.25) is 0 Å². The largest absolute Gasteiger partial charge is 0.489 e. The predicted octanol–water partition coefficient (Wildman–Crippen LogP) is 4.88. The summed E-state index contributed by atoms with van der Waals surface area (Å²) in [5.41, 5.74) is 4.07. The number of carbonyl (C=O) groups excluding carboxylic acids is 1. The van der Waals surface area contributed by atoms with Gasteiger partial charge in [-0.05, 0) is 59.9 Å². The van der Waals surface area contributed by atoms with Crippen molar-refractivity contribution >= 4 is 22.5 Å². The molecule has 0 spiro atoms. The molecular weight excluding hydrogens is 487 g/mol. The van der Waals surface area contributed by atoms with E-state index in [1.54, 1.807) is 18.6 Å². The van der Waals surface area contributed by atoms with E-state index < -0.39 is 17.2 Å². The molecule has 1 aliphatic heterocycles. The summed E-state index contributed by atoms with van der Waals surface area (Å²) in [6, 6.07) is 16.4. The molecular formula is C29H25FN4O4. The van der Waals surface area contributed by atoms with E-state index in [9.17, 15) is 9.18 Å². The molecule has 3 aromatic heterocycles. The van der Waals surface area contributed by atoms with Crippen molar-refractivity contribution in [1.29, 1.82) is 0 Å². The molecule has 8 nitrogen and oxygen atoms in total. The summed E-state index contributed by atoms with van der Waals surface area (Å²) >= 11 is 0.